The summed E-state index contributed by atoms with van der Waals surface area (Å²) in [4.78, 5) is 10.1. The van der Waals surface area contributed by atoms with Crippen molar-refractivity contribution in [2.75, 3.05) is 12.5 Å². The van der Waals surface area contributed by atoms with Gasteiger partial charge in [-0.15, -0.1) is 0 Å². The van der Waals surface area contributed by atoms with Crippen molar-refractivity contribution in [3.05, 3.63) is 39.4 Å². The van der Waals surface area contributed by atoms with Gasteiger partial charge in [0.1, 0.15) is 0 Å². The molecule has 9 nitrogen and oxygen atoms in total. The third-order valence-corrected chi connectivity index (χ3v) is 3.22. The van der Waals surface area contributed by atoms with Crippen LogP contribution in [0.3, 0.4) is 0 Å². The van der Waals surface area contributed by atoms with Gasteiger partial charge in [0.05, 0.1) is 30.6 Å². The fourth-order valence-corrected chi connectivity index (χ4v) is 2.07. The second kappa shape index (κ2) is 6.47. The molecule has 0 spiro atoms. The van der Waals surface area contributed by atoms with Crippen LogP contribution in [0, 0.1) is 10.1 Å². The first-order valence-corrected chi connectivity index (χ1v) is 9.05. The fourth-order valence-electron chi connectivity index (χ4n) is 1.37. The molecule has 0 aliphatic heterocycles. The second-order valence-corrected chi connectivity index (χ2v) is 7.49. The van der Waals surface area contributed by atoms with E-state index >= 15 is 0 Å². The molecule has 0 bridgehead atoms. The number of hydrogen-bond donors (Lipinski definition) is 0. The first-order valence-electron chi connectivity index (χ1n) is 5.42. The summed E-state index contributed by atoms with van der Waals surface area (Å²) >= 11 is 0. The largest absolute Gasteiger partial charge is 0.270 e. The van der Waals surface area contributed by atoms with Crippen molar-refractivity contribution in [2.45, 2.75) is 13.2 Å². The van der Waals surface area contributed by atoms with Gasteiger partial charge in [0.2, 0.25) is 0 Å². The second-order valence-electron chi connectivity index (χ2n) is 4.20. The lowest BCUT2D eigenvalue weighted by molar-refractivity contribution is -0.385. The van der Waals surface area contributed by atoms with Gasteiger partial charge in [-0.1, -0.05) is 6.07 Å². The Morgan fingerprint density at radius 3 is 1.62 bits per heavy atom. The number of nitro benzene ring substituents is 1. The Bertz CT molecular complexity index is 684. The Morgan fingerprint density at radius 2 is 1.33 bits per heavy atom. The van der Waals surface area contributed by atoms with Gasteiger partial charge in [0, 0.05) is 12.1 Å². The molecule has 0 aliphatic rings. The highest BCUT2D eigenvalue weighted by Crippen LogP contribution is 2.19. The lowest BCUT2D eigenvalue weighted by atomic mass is 10.1. The molecule has 1 aromatic rings. The molecule has 0 saturated heterocycles. The van der Waals surface area contributed by atoms with E-state index in [1.807, 2.05) is 0 Å². The van der Waals surface area contributed by atoms with Crippen LogP contribution in [-0.2, 0) is 41.8 Å². The number of benzene rings is 1. The van der Waals surface area contributed by atoms with Crippen LogP contribution in [0.1, 0.15) is 11.1 Å². The summed E-state index contributed by atoms with van der Waals surface area (Å²) in [5, 5.41) is 10.8. The Morgan fingerprint density at radius 1 is 0.952 bits per heavy atom. The van der Waals surface area contributed by atoms with Crippen LogP contribution in [0.2, 0.25) is 0 Å². The van der Waals surface area contributed by atoms with Gasteiger partial charge in [-0.3, -0.25) is 18.5 Å². The van der Waals surface area contributed by atoms with E-state index in [9.17, 15) is 26.9 Å². The van der Waals surface area contributed by atoms with Gasteiger partial charge in [-0.25, -0.2) is 0 Å². The molecule has 0 saturated carbocycles. The van der Waals surface area contributed by atoms with Crippen molar-refractivity contribution >= 4 is 25.9 Å². The molecule has 0 aromatic heterocycles. The maximum atomic E-state index is 10.9. The van der Waals surface area contributed by atoms with Crippen LogP contribution < -0.4 is 0 Å². The fraction of sp³-hybridized carbons (Fsp3) is 0.400. The van der Waals surface area contributed by atoms with Crippen LogP contribution in [0.4, 0.5) is 5.69 Å². The van der Waals surface area contributed by atoms with Gasteiger partial charge in [0.15, 0.2) is 0 Å². The molecular formula is C10H13NO8S2. The van der Waals surface area contributed by atoms with Crippen molar-refractivity contribution < 1.29 is 30.1 Å². The zero-order valence-electron chi connectivity index (χ0n) is 11.2. The van der Waals surface area contributed by atoms with E-state index in [4.69, 9.17) is 0 Å². The van der Waals surface area contributed by atoms with Crippen molar-refractivity contribution in [3.63, 3.8) is 0 Å². The Balaban J connectivity index is 3.03. The smallest absolute Gasteiger partial charge is 0.265 e. The summed E-state index contributed by atoms with van der Waals surface area (Å²) < 4.78 is 52.7. The summed E-state index contributed by atoms with van der Waals surface area (Å²) in [6, 6.07) is 3.63. The van der Waals surface area contributed by atoms with E-state index in [0.29, 0.717) is 0 Å². The summed E-state index contributed by atoms with van der Waals surface area (Å²) in [7, 11) is -7.40. The maximum Gasteiger partial charge on any atom is 0.270 e. The van der Waals surface area contributed by atoms with Crippen molar-refractivity contribution in [1.82, 2.24) is 0 Å². The lowest BCUT2D eigenvalue weighted by Gasteiger charge is -2.06. The number of non-ortho nitro benzene ring substituents is 1. The monoisotopic (exact) mass is 339 g/mol. The molecule has 0 amide bonds. The van der Waals surface area contributed by atoms with Crippen molar-refractivity contribution in [1.29, 1.82) is 0 Å². The average Bonchev–Trinajstić information content (AvgIpc) is 2.32. The molecule has 0 atom stereocenters. The molecule has 118 valence electrons. The minimum absolute atomic E-state index is 0.210. The molecular weight excluding hydrogens is 326 g/mol. The first-order chi connectivity index (χ1) is 9.46. The van der Waals surface area contributed by atoms with E-state index < -0.39 is 38.4 Å². The van der Waals surface area contributed by atoms with E-state index in [1.165, 1.54) is 6.07 Å². The highest BCUT2D eigenvalue weighted by molar-refractivity contribution is 7.86. The number of nitrogens with zero attached hydrogens (tertiary/aromatic N) is 1. The summed E-state index contributed by atoms with van der Waals surface area (Å²) in [5.74, 6) is 0. The van der Waals surface area contributed by atoms with E-state index in [1.54, 1.807) is 0 Å². The van der Waals surface area contributed by atoms with Crippen LogP contribution in [0.5, 0.6) is 0 Å². The van der Waals surface area contributed by atoms with Crippen molar-refractivity contribution in [3.8, 4) is 0 Å². The SMILES string of the molecule is CS(=O)(=O)OCc1cc(COS(C)(=O)=O)cc([N+](=O)[O-])c1. The Hall–Kier alpha value is -1.56. The molecule has 0 radical (unpaired) electrons. The topological polar surface area (TPSA) is 130 Å². The quantitative estimate of drug-likeness (QED) is 0.400. The molecule has 11 heteroatoms. The van der Waals surface area contributed by atoms with Gasteiger partial charge < -0.3 is 0 Å². The van der Waals surface area contributed by atoms with Crippen LogP contribution in [-0.4, -0.2) is 34.3 Å². The normalized spacial score (nSPS) is 12.3. The van der Waals surface area contributed by atoms with E-state index in [0.717, 1.165) is 24.6 Å². The standard InChI is InChI=1S/C10H13NO8S2/c1-20(14,15)18-6-8-3-9(7-19-21(2,16)17)5-10(4-8)11(12)13/h3-5H,6-7H2,1-2H3. The van der Waals surface area contributed by atoms with Crippen LogP contribution >= 0.6 is 0 Å². The maximum absolute atomic E-state index is 10.9. The molecule has 0 fully saturated rings. The van der Waals surface area contributed by atoms with Gasteiger partial charge in [-0.2, -0.15) is 16.8 Å². The highest BCUT2D eigenvalue weighted by atomic mass is 32.2. The van der Waals surface area contributed by atoms with Gasteiger partial charge >= 0.3 is 0 Å². The predicted octanol–water partition coefficient (Wildman–Crippen LogP) is 0.547. The van der Waals surface area contributed by atoms with E-state index in [-0.39, 0.29) is 16.8 Å². The molecule has 21 heavy (non-hydrogen) atoms. The molecule has 1 aromatic carbocycles. The van der Waals surface area contributed by atoms with E-state index in [2.05, 4.69) is 8.37 Å². The molecule has 1 rings (SSSR count). The third-order valence-electron chi connectivity index (χ3n) is 2.13. The van der Waals surface area contributed by atoms with Crippen LogP contribution in [0.25, 0.3) is 0 Å². The lowest BCUT2D eigenvalue weighted by Crippen LogP contribution is -2.06. The van der Waals surface area contributed by atoms with Gasteiger partial charge in [0.25, 0.3) is 25.9 Å². The number of hydrogen-bond acceptors (Lipinski definition) is 8. The van der Waals surface area contributed by atoms with Crippen molar-refractivity contribution in [2.24, 2.45) is 0 Å². The Kier molecular flexibility index (Phi) is 5.39. The third kappa shape index (κ3) is 7.13. The molecule has 0 N–H and O–H groups in total. The molecule has 0 unspecified atom stereocenters. The zero-order valence-corrected chi connectivity index (χ0v) is 12.8. The predicted molar refractivity (Wildman–Crippen MR) is 72.4 cm³/mol. The molecule has 0 heterocycles. The zero-order chi connectivity index (χ0) is 16.3. The number of rotatable bonds is 7. The highest BCUT2D eigenvalue weighted by Gasteiger charge is 2.13. The minimum Gasteiger partial charge on any atom is -0.265 e. The summed E-state index contributed by atoms with van der Waals surface area (Å²) in [5.41, 5.74) is 0.0974. The Labute approximate surface area is 121 Å². The number of nitro groups is 1. The summed E-state index contributed by atoms with van der Waals surface area (Å²) in [6.45, 7) is -0.793. The van der Waals surface area contributed by atoms with Crippen LogP contribution in [0.15, 0.2) is 18.2 Å². The molecule has 0 aliphatic carbocycles. The average molecular weight is 339 g/mol. The first kappa shape index (κ1) is 17.5. The summed E-state index contributed by atoms with van der Waals surface area (Å²) in [6.07, 6.45) is 1.69. The minimum atomic E-state index is -3.70. The van der Waals surface area contributed by atoms with Gasteiger partial charge in [-0.05, 0) is 11.1 Å².